The van der Waals surface area contributed by atoms with E-state index in [1.165, 1.54) is 19.3 Å². The fourth-order valence-corrected chi connectivity index (χ4v) is 2.50. The fourth-order valence-electron chi connectivity index (χ4n) is 2.38. The Morgan fingerprint density at radius 2 is 2.24 bits per heavy atom. The van der Waals surface area contributed by atoms with Crippen molar-refractivity contribution in [2.45, 2.75) is 39.2 Å². The number of nitrogens with zero attached hydrogens (tertiary/aromatic N) is 2. The van der Waals surface area contributed by atoms with Gasteiger partial charge in [-0.05, 0) is 45.2 Å². The summed E-state index contributed by atoms with van der Waals surface area (Å²) in [6.07, 6.45) is 3.78. The van der Waals surface area contributed by atoms with Crippen LogP contribution in [0.5, 0.6) is 0 Å². The molecule has 0 radical (unpaired) electrons. The molecule has 2 heterocycles. The van der Waals surface area contributed by atoms with Gasteiger partial charge in [0.05, 0.1) is 0 Å². The average Bonchev–Trinajstić information content (AvgIpc) is 2.28. The first-order valence-corrected chi connectivity index (χ1v) is 6.54. The number of hydrogen-bond donors (Lipinski definition) is 1. The topological polar surface area (TPSA) is 42.1 Å². The van der Waals surface area contributed by atoms with E-state index >= 15 is 0 Å². The second kappa shape index (κ2) is 5.00. The molecule has 1 aromatic heterocycles. The molecule has 0 bridgehead atoms. The summed E-state index contributed by atoms with van der Waals surface area (Å²) in [5.41, 5.74) is 7.59. The minimum Gasteiger partial charge on any atom is -0.389 e. The molecule has 0 saturated carbocycles. The standard InChI is InChI=1S/C13H19N3S/c1-9-7-11(13(14)17)8-12(15-9)16-6-4-3-5-10(16)2/h7-8,10H,3-6H2,1-2H3,(H2,14,17). The van der Waals surface area contributed by atoms with Crippen molar-refractivity contribution < 1.29 is 0 Å². The van der Waals surface area contributed by atoms with Gasteiger partial charge in [-0.25, -0.2) is 4.98 Å². The Bertz CT molecular complexity index is 431. The maximum atomic E-state index is 5.70. The molecule has 1 unspecified atom stereocenters. The number of nitrogens with two attached hydrogens (primary N) is 1. The van der Waals surface area contributed by atoms with Crippen LogP contribution < -0.4 is 10.6 Å². The first-order valence-electron chi connectivity index (χ1n) is 6.13. The van der Waals surface area contributed by atoms with Crippen LogP contribution in [-0.2, 0) is 0 Å². The minimum absolute atomic E-state index is 0.446. The van der Waals surface area contributed by atoms with Crippen LogP contribution in [0.4, 0.5) is 5.82 Å². The summed E-state index contributed by atoms with van der Waals surface area (Å²) in [5, 5.41) is 0. The quantitative estimate of drug-likeness (QED) is 0.817. The Hall–Kier alpha value is -1.16. The summed E-state index contributed by atoms with van der Waals surface area (Å²) in [7, 11) is 0. The predicted molar refractivity (Wildman–Crippen MR) is 75.5 cm³/mol. The lowest BCUT2D eigenvalue weighted by Gasteiger charge is -2.34. The Morgan fingerprint density at radius 3 is 2.88 bits per heavy atom. The molecule has 1 aliphatic heterocycles. The molecule has 0 aliphatic carbocycles. The summed E-state index contributed by atoms with van der Waals surface area (Å²) in [4.78, 5) is 7.41. The first kappa shape index (κ1) is 12.3. The summed E-state index contributed by atoms with van der Waals surface area (Å²) in [6, 6.07) is 4.51. The molecule has 1 fully saturated rings. The molecule has 1 saturated heterocycles. The van der Waals surface area contributed by atoms with E-state index in [0.29, 0.717) is 11.0 Å². The van der Waals surface area contributed by atoms with Crippen molar-refractivity contribution in [2.75, 3.05) is 11.4 Å². The molecule has 1 aliphatic rings. The van der Waals surface area contributed by atoms with E-state index in [-0.39, 0.29) is 0 Å². The molecule has 0 spiro atoms. The van der Waals surface area contributed by atoms with Crippen LogP contribution in [0.3, 0.4) is 0 Å². The van der Waals surface area contributed by atoms with Gasteiger partial charge in [0.2, 0.25) is 0 Å². The highest BCUT2D eigenvalue weighted by molar-refractivity contribution is 7.80. The third-order valence-electron chi connectivity index (χ3n) is 3.32. The van der Waals surface area contributed by atoms with Gasteiger partial charge in [-0.15, -0.1) is 0 Å². The number of rotatable bonds is 2. The van der Waals surface area contributed by atoms with Gasteiger partial charge in [0.1, 0.15) is 10.8 Å². The van der Waals surface area contributed by atoms with Crippen molar-refractivity contribution in [2.24, 2.45) is 5.73 Å². The van der Waals surface area contributed by atoms with Crippen LogP contribution in [-0.4, -0.2) is 22.6 Å². The van der Waals surface area contributed by atoms with Crippen molar-refractivity contribution in [1.29, 1.82) is 0 Å². The second-order valence-electron chi connectivity index (χ2n) is 4.76. The Kier molecular flexibility index (Phi) is 3.62. The highest BCUT2D eigenvalue weighted by Gasteiger charge is 2.20. The molecule has 1 atom stereocenters. The zero-order valence-electron chi connectivity index (χ0n) is 10.4. The van der Waals surface area contributed by atoms with Gasteiger partial charge in [0.15, 0.2) is 0 Å². The monoisotopic (exact) mass is 249 g/mol. The van der Waals surface area contributed by atoms with Gasteiger partial charge in [-0.1, -0.05) is 12.2 Å². The number of pyridine rings is 1. The van der Waals surface area contributed by atoms with E-state index in [2.05, 4.69) is 16.8 Å². The molecule has 17 heavy (non-hydrogen) atoms. The number of thiocarbonyl (C=S) groups is 1. The van der Waals surface area contributed by atoms with Crippen molar-refractivity contribution >= 4 is 23.0 Å². The molecule has 1 aromatic rings. The van der Waals surface area contributed by atoms with Gasteiger partial charge in [-0.2, -0.15) is 0 Å². The summed E-state index contributed by atoms with van der Waals surface area (Å²) < 4.78 is 0. The zero-order valence-corrected chi connectivity index (χ0v) is 11.3. The van der Waals surface area contributed by atoms with Crippen molar-refractivity contribution in [1.82, 2.24) is 4.98 Å². The number of hydrogen-bond acceptors (Lipinski definition) is 3. The van der Waals surface area contributed by atoms with E-state index < -0.39 is 0 Å². The van der Waals surface area contributed by atoms with E-state index in [1.807, 2.05) is 19.1 Å². The van der Waals surface area contributed by atoms with Crippen molar-refractivity contribution in [3.05, 3.63) is 23.4 Å². The molecular formula is C13H19N3S. The normalized spacial score (nSPS) is 20.4. The minimum atomic E-state index is 0.446. The Labute approximate surface area is 108 Å². The van der Waals surface area contributed by atoms with Gasteiger partial charge in [0.25, 0.3) is 0 Å². The molecule has 0 aromatic carbocycles. The summed E-state index contributed by atoms with van der Waals surface area (Å²) >= 11 is 5.04. The Morgan fingerprint density at radius 1 is 1.47 bits per heavy atom. The molecule has 92 valence electrons. The molecule has 2 rings (SSSR count). The predicted octanol–water partition coefficient (Wildman–Crippen LogP) is 2.40. The van der Waals surface area contributed by atoms with Crippen LogP contribution in [0.2, 0.25) is 0 Å². The SMILES string of the molecule is Cc1cc(C(N)=S)cc(N2CCCCC2C)n1. The maximum absolute atomic E-state index is 5.70. The summed E-state index contributed by atoms with van der Waals surface area (Å²) in [6.45, 7) is 5.32. The van der Waals surface area contributed by atoms with Crippen LogP contribution >= 0.6 is 12.2 Å². The van der Waals surface area contributed by atoms with Gasteiger partial charge >= 0.3 is 0 Å². The van der Waals surface area contributed by atoms with Gasteiger partial charge in [-0.3, -0.25) is 0 Å². The summed E-state index contributed by atoms with van der Waals surface area (Å²) in [5.74, 6) is 1.01. The fraction of sp³-hybridized carbons (Fsp3) is 0.538. The van der Waals surface area contributed by atoms with Crippen LogP contribution in [0, 0.1) is 6.92 Å². The lowest BCUT2D eigenvalue weighted by Crippen LogP contribution is -2.38. The van der Waals surface area contributed by atoms with Crippen LogP contribution in [0.15, 0.2) is 12.1 Å². The zero-order chi connectivity index (χ0) is 12.4. The van der Waals surface area contributed by atoms with Crippen molar-refractivity contribution in [3.8, 4) is 0 Å². The van der Waals surface area contributed by atoms with Crippen molar-refractivity contribution in [3.63, 3.8) is 0 Å². The smallest absolute Gasteiger partial charge is 0.129 e. The number of aromatic nitrogens is 1. The highest BCUT2D eigenvalue weighted by atomic mass is 32.1. The lowest BCUT2D eigenvalue weighted by atomic mass is 10.0. The third kappa shape index (κ3) is 2.75. The van der Waals surface area contributed by atoms with Gasteiger partial charge in [0, 0.05) is 23.8 Å². The highest BCUT2D eigenvalue weighted by Crippen LogP contribution is 2.24. The number of aryl methyl sites for hydroxylation is 1. The number of anilines is 1. The van der Waals surface area contributed by atoms with E-state index in [4.69, 9.17) is 18.0 Å². The Balaban J connectivity index is 2.33. The molecule has 3 nitrogen and oxygen atoms in total. The molecule has 4 heteroatoms. The second-order valence-corrected chi connectivity index (χ2v) is 5.20. The van der Waals surface area contributed by atoms with Gasteiger partial charge < -0.3 is 10.6 Å². The first-order chi connectivity index (χ1) is 8.08. The third-order valence-corrected chi connectivity index (χ3v) is 3.56. The van der Waals surface area contributed by atoms with E-state index in [1.54, 1.807) is 0 Å². The van der Waals surface area contributed by atoms with E-state index in [9.17, 15) is 0 Å². The van der Waals surface area contributed by atoms with Crippen LogP contribution in [0.25, 0.3) is 0 Å². The molecule has 0 amide bonds. The lowest BCUT2D eigenvalue weighted by molar-refractivity contribution is 0.481. The average molecular weight is 249 g/mol. The van der Waals surface area contributed by atoms with E-state index in [0.717, 1.165) is 23.6 Å². The molecular weight excluding hydrogens is 230 g/mol. The van der Waals surface area contributed by atoms with Crippen LogP contribution in [0.1, 0.15) is 37.4 Å². The largest absolute Gasteiger partial charge is 0.389 e. The maximum Gasteiger partial charge on any atom is 0.129 e. The number of piperidine rings is 1. The molecule has 2 N–H and O–H groups in total.